The van der Waals surface area contributed by atoms with Gasteiger partial charge in [0.25, 0.3) is 0 Å². The van der Waals surface area contributed by atoms with Crippen molar-refractivity contribution in [2.24, 2.45) is 0 Å². The van der Waals surface area contributed by atoms with Gasteiger partial charge in [0.15, 0.2) is 5.76 Å². The zero-order chi connectivity index (χ0) is 16.4. The first kappa shape index (κ1) is 15.2. The maximum atomic E-state index is 13.9. The molecule has 0 fully saturated rings. The standard InChI is InChI=1S/C17H13F2NO3/c1-22-12-5-2-10(3-6-12)17-14(9-21)16(20-23-17)13-7-4-11(18)8-15(13)19/h2-8,21H,9H2,1H3. The number of aliphatic hydroxyl groups excluding tert-OH is 1. The maximum Gasteiger partial charge on any atom is 0.173 e. The fraction of sp³-hybridized carbons (Fsp3) is 0.118. The van der Waals surface area contributed by atoms with Crippen molar-refractivity contribution < 1.29 is 23.1 Å². The maximum absolute atomic E-state index is 13.9. The van der Waals surface area contributed by atoms with Gasteiger partial charge >= 0.3 is 0 Å². The molecular formula is C17H13F2NO3. The summed E-state index contributed by atoms with van der Waals surface area (Å²) in [5, 5.41) is 13.5. The van der Waals surface area contributed by atoms with Crippen LogP contribution in [-0.2, 0) is 6.61 Å². The molecule has 2 aromatic carbocycles. The molecule has 1 N–H and O–H groups in total. The van der Waals surface area contributed by atoms with Gasteiger partial charge in [-0.3, -0.25) is 0 Å². The van der Waals surface area contributed by atoms with Crippen molar-refractivity contribution in [1.29, 1.82) is 0 Å². The predicted octanol–water partition coefficient (Wildman–Crippen LogP) is 3.79. The number of ether oxygens (including phenoxy) is 1. The minimum Gasteiger partial charge on any atom is -0.497 e. The highest BCUT2D eigenvalue weighted by atomic mass is 19.1. The SMILES string of the molecule is COc1ccc(-c2onc(-c3ccc(F)cc3F)c2CO)cc1. The summed E-state index contributed by atoms with van der Waals surface area (Å²) in [4.78, 5) is 0. The number of aromatic nitrogens is 1. The van der Waals surface area contributed by atoms with Gasteiger partial charge in [-0.15, -0.1) is 0 Å². The van der Waals surface area contributed by atoms with Gasteiger partial charge in [0.05, 0.1) is 19.3 Å². The first-order valence-electron chi connectivity index (χ1n) is 6.83. The van der Waals surface area contributed by atoms with Gasteiger partial charge in [-0.05, 0) is 36.4 Å². The van der Waals surface area contributed by atoms with E-state index in [9.17, 15) is 13.9 Å². The molecule has 0 aliphatic rings. The summed E-state index contributed by atoms with van der Waals surface area (Å²) in [6, 6.07) is 10.1. The van der Waals surface area contributed by atoms with Crippen molar-refractivity contribution in [3.05, 3.63) is 59.7 Å². The smallest absolute Gasteiger partial charge is 0.173 e. The Morgan fingerprint density at radius 2 is 1.87 bits per heavy atom. The normalized spacial score (nSPS) is 10.8. The Balaban J connectivity index is 2.09. The molecule has 1 aromatic heterocycles. The lowest BCUT2D eigenvalue weighted by atomic mass is 10.0. The van der Waals surface area contributed by atoms with Crippen LogP contribution in [0.15, 0.2) is 47.0 Å². The van der Waals surface area contributed by atoms with Crippen LogP contribution in [0, 0.1) is 11.6 Å². The highest BCUT2D eigenvalue weighted by Crippen LogP contribution is 2.34. The van der Waals surface area contributed by atoms with Crippen LogP contribution in [-0.4, -0.2) is 17.4 Å². The largest absolute Gasteiger partial charge is 0.497 e. The molecule has 0 saturated heterocycles. The first-order valence-corrected chi connectivity index (χ1v) is 6.83. The molecule has 1 heterocycles. The van der Waals surface area contributed by atoms with Crippen molar-refractivity contribution in [1.82, 2.24) is 5.16 Å². The Bertz CT molecular complexity index is 828. The molecule has 0 bridgehead atoms. The number of aliphatic hydroxyl groups is 1. The lowest BCUT2D eigenvalue weighted by Crippen LogP contribution is -1.92. The van der Waals surface area contributed by atoms with Gasteiger partial charge in [0, 0.05) is 17.2 Å². The molecule has 23 heavy (non-hydrogen) atoms. The molecule has 3 rings (SSSR count). The van der Waals surface area contributed by atoms with Gasteiger partial charge in [0.1, 0.15) is 23.1 Å². The minimum atomic E-state index is -0.769. The average molecular weight is 317 g/mol. The molecule has 3 aromatic rings. The number of nitrogens with zero attached hydrogens (tertiary/aromatic N) is 1. The minimum absolute atomic E-state index is 0.0685. The highest BCUT2D eigenvalue weighted by Gasteiger charge is 2.21. The Hall–Kier alpha value is -2.73. The molecule has 0 atom stereocenters. The van der Waals surface area contributed by atoms with Crippen molar-refractivity contribution in [2.45, 2.75) is 6.61 Å². The third-order valence-electron chi connectivity index (χ3n) is 3.48. The van der Waals surface area contributed by atoms with E-state index in [2.05, 4.69) is 5.16 Å². The molecule has 118 valence electrons. The van der Waals surface area contributed by atoms with Crippen molar-refractivity contribution in [2.75, 3.05) is 7.11 Å². The van der Waals surface area contributed by atoms with Gasteiger partial charge in [0.2, 0.25) is 0 Å². The number of halogens is 2. The highest BCUT2D eigenvalue weighted by molar-refractivity contribution is 5.73. The number of rotatable bonds is 4. The van der Waals surface area contributed by atoms with Gasteiger partial charge < -0.3 is 14.4 Å². The van der Waals surface area contributed by atoms with E-state index in [4.69, 9.17) is 9.26 Å². The Morgan fingerprint density at radius 1 is 1.13 bits per heavy atom. The topological polar surface area (TPSA) is 55.5 Å². The predicted molar refractivity (Wildman–Crippen MR) is 79.8 cm³/mol. The molecule has 0 aliphatic heterocycles. The summed E-state index contributed by atoms with van der Waals surface area (Å²) in [6.07, 6.45) is 0. The van der Waals surface area contributed by atoms with E-state index in [-0.39, 0.29) is 11.3 Å². The van der Waals surface area contributed by atoms with Crippen LogP contribution in [0.5, 0.6) is 5.75 Å². The zero-order valence-electron chi connectivity index (χ0n) is 12.2. The second-order valence-electron chi connectivity index (χ2n) is 4.85. The molecule has 0 spiro atoms. The summed E-state index contributed by atoms with van der Waals surface area (Å²) in [5.41, 5.74) is 1.21. The van der Waals surface area contributed by atoms with Crippen molar-refractivity contribution in [3.8, 4) is 28.3 Å². The molecule has 0 radical (unpaired) electrons. The summed E-state index contributed by atoms with van der Waals surface area (Å²) in [7, 11) is 1.55. The van der Waals surface area contributed by atoms with Crippen LogP contribution in [0.25, 0.3) is 22.6 Å². The van der Waals surface area contributed by atoms with Gasteiger partial charge in [-0.2, -0.15) is 0 Å². The Morgan fingerprint density at radius 3 is 2.48 bits per heavy atom. The fourth-order valence-corrected chi connectivity index (χ4v) is 2.32. The van der Waals surface area contributed by atoms with E-state index >= 15 is 0 Å². The van der Waals surface area contributed by atoms with E-state index in [0.29, 0.717) is 22.6 Å². The number of benzene rings is 2. The van der Waals surface area contributed by atoms with Crippen LogP contribution in [0.1, 0.15) is 5.56 Å². The molecule has 0 unspecified atom stereocenters. The van der Waals surface area contributed by atoms with E-state index < -0.39 is 18.2 Å². The molecule has 0 aliphatic carbocycles. The number of hydrogen-bond donors (Lipinski definition) is 1. The second kappa shape index (κ2) is 6.18. The van der Waals surface area contributed by atoms with Crippen LogP contribution in [0.2, 0.25) is 0 Å². The van der Waals surface area contributed by atoms with E-state index in [1.54, 1.807) is 31.4 Å². The van der Waals surface area contributed by atoms with Crippen molar-refractivity contribution in [3.63, 3.8) is 0 Å². The monoisotopic (exact) mass is 317 g/mol. The Labute approximate surface area is 130 Å². The number of hydrogen-bond acceptors (Lipinski definition) is 4. The van der Waals surface area contributed by atoms with Crippen LogP contribution >= 0.6 is 0 Å². The summed E-state index contributed by atoms with van der Waals surface area (Å²) in [6.45, 7) is -0.392. The van der Waals surface area contributed by atoms with Gasteiger partial charge in [-0.1, -0.05) is 5.16 Å². The average Bonchev–Trinajstić information content (AvgIpc) is 2.98. The summed E-state index contributed by atoms with van der Waals surface area (Å²) >= 11 is 0. The van der Waals surface area contributed by atoms with Crippen LogP contribution in [0.4, 0.5) is 8.78 Å². The zero-order valence-corrected chi connectivity index (χ0v) is 12.2. The number of methoxy groups -OCH3 is 1. The quantitative estimate of drug-likeness (QED) is 0.795. The lowest BCUT2D eigenvalue weighted by Gasteiger charge is -2.04. The second-order valence-corrected chi connectivity index (χ2v) is 4.85. The lowest BCUT2D eigenvalue weighted by molar-refractivity contribution is 0.281. The third-order valence-corrected chi connectivity index (χ3v) is 3.48. The summed E-state index contributed by atoms with van der Waals surface area (Å²) < 4.78 is 37.3. The summed E-state index contributed by atoms with van der Waals surface area (Å²) in [5.74, 6) is -0.456. The van der Waals surface area contributed by atoms with E-state index in [1.165, 1.54) is 6.07 Å². The van der Waals surface area contributed by atoms with E-state index in [0.717, 1.165) is 12.1 Å². The fourth-order valence-electron chi connectivity index (χ4n) is 2.32. The van der Waals surface area contributed by atoms with E-state index in [1.807, 2.05) is 0 Å². The van der Waals surface area contributed by atoms with Crippen LogP contribution < -0.4 is 4.74 Å². The molecule has 0 saturated carbocycles. The molecular weight excluding hydrogens is 304 g/mol. The third kappa shape index (κ3) is 2.80. The van der Waals surface area contributed by atoms with Gasteiger partial charge in [-0.25, -0.2) is 8.78 Å². The first-order chi connectivity index (χ1) is 11.1. The van der Waals surface area contributed by atoms with Crippen LogP contribution in [0.3, 0.4) is 0 Å². The molecule has 4 nitrogen and oxygen atoms in total. The molecule has 6 heteroatoms. The molecule has 0 amide bonds. The van der Waals surface area contributed by atoms with Crippen molar-refractivity contribution >= 4 is 0 Å². The Kier molecular flexibility index (Phi) is 4.08.